The lowest BCUT2D eigenvalue weighted by molar-refractivity contribution is -0.116. The number of carbonyl (C=O) groups is 1. The number of anilines is 1. The van der Waals surface area contributed by atoms with Gasteiger partial charge in [0.05, 0.1) is 0 Å². The van der Waals surface area contributed by atoms with Crippen molar-refractivity contribution in [2.24, 2.45) is 0 Å². The van der Waals surface area contributed by atoms with Crippen LogP contribution in [0.1, 0.15) is 30.4 Å². The third-order valence-electron chi connectivity index (χ3n) is 3.99. The van der Waals surface area contributed by atoms with E-state index in [4.69, 9.17) is 0 Å². The molecule has 2 aromatic rings. The highest BCUT2D eigenvalue weighted by atomic mass is 35.5. The van der Waals surface area contributed by atoms with E-state index in [9.17, 15) is 4.79 Å². The number of pyridine rings is 1. The van der Waals surface area contributed by atoms with Crippen LogP contribution in [0.2, 0.25) is 0 Å². The maximum atomic E-state index is 12.0. The summed E-state index contributed by atoms with van der Waals surface area (Å²) in [5.74, 6) is 0.0845. The number of nitrogens with zero attached hydrogens (tertiary/aromatic N) is 1. The molecule has 1 fully saturated rings. The van der Waals surface area contributed by atoms with E-state index in [0.29, 0.717) is 12.5 Å². The summed E-state index contributed by atoms with van der Waals surface area (Å²) in [6, 6.07) is 12.4. The molecule has 2 heterocycles. The lowest BCUT2D eigenvalue weighted by atomic mass is 10.1. The summed E-state index contributed by atoms with van der Waals surface area (Å²) in [7, 11) is 0. The first-order chi connectivity index (χ1) is 10.8. The van der Waals surface area contributed by atoms with Gasteiger partial charge in [-0.15, -0.1) is 24.8 Å². The molecular weight excluding hydrogens is 345 g/mol. The first kappa shape index (κ1) is 20.4. The van der Waals surface area contributed by atoms with Crippen LogP contribution in [0.15, 0.2) is 48.8 Å². The fourth-order valence-electron chi connectivity index (χ4n) is 2.81. The van der Waals surface area contributed by atoms with Crippen LogP contribution in [-0.2, 0) is 11.2 Å². The fourth-order valence-corrected chi connectivity index (χ4v) is 2.81. The van der Waals surface area contributed by atoms with Gasteiger partial charge in [-0.1, -0.05) is 12.1 Å². The Morgan fingerprint density at radius 2 is 1.75 bits per heavy atom. The highest BCUT2D eigenvalue weighted by Gasteiger charge is 2.17. The van der Waals surface area contributed by atoms with Crippen LogP contribution in [0.25, 0.3) is 0 Å². The van der Waals surface area contributed by atoms with Crippen molar-refractivity contribution in [1.29, 1.82) is 0 Å². The van der Waals surface area contributed by atoms with Crippen molar-refractivity contribution >= 4 is 36.4 Å². The minimum atomic E-state index is 0. The molecule has 0 aliphatic carbocycles. The molecule has 1 aromatic carbocycles. The Balaban J connectivity index is 0.00000144. The zero-order valence-electron chi connectivity index (χ0n) is 13.4. The Morgan fingerprint density at radius 1 is 1.08 bits per heavy atom. The predicted molar refractivity (Wildman–Crippen MR) is 102 cm³/mol. The van der Waals surface area contributed by atoms with Crippen LogP contribution in [0.3, 0.4) is 0 Å². The van der Waals surface area contributed by atoms with Crippen LogP contribution in [0.5, 0.6) is 0 Å². The van der Waals surface area contributed by atoms with Crippen LogP contribution < -0.4 is 10.6 Å². The third-order valence-corrected chi connectivity index (χ3v) is 3.99. The number of nitrogens with one attached hydrogen (secondary N) is 2. The van der Waals surface area contributed by atoms with Gasteiger partial charge < -0.3 is 10.6 Å². The van der Waals surface area contributed by atoms with Crippen LogP contribution in [0.4, 0.5) is 5.69 Å². The summed E-state index contributed by atoms with van der Waals surface area (Å²) in [5, 5.41) is 6.31. The monoisotopic (exact) mass is 367 g/mol. The Labute approximate surface area is 155 Å². The molecule has 4 nitrogen and oxygen atoms in total. The summed E-state index contributed by atoms with van der Waals surface area (Å²) < 4.78 is 0. The molecule has 0 saturated carbocycles. The molecule has 1 aliphatic rings. The zero-order valence-corrected chi connectivity index (χ0v) is 15.0. The molecule has 6 heteroatoms. The van der Waals surface area contributed by atoms with Gasteiger partial charge in [-0.2, -0.15) is 0 Å². The topological polar surface area (TPSA) is 54.0 Å². The SMILES string of the molecule is Cl.Cl.O=C(CC1CCCN1)Nc1ccc(Cc2ccncc2)cc1. The highest BCUT2D eigenvalue weighted by molar-refractivity contribution is 5.91. The second-order valence-corrected chi connectivity index (χ2v) is 5.77. The third kappa shape index (κ3) is 6.11. The van der Waals surface area contributed by atoms with Crippen molar-refractivity contribution in [3.05, 3.63) is 59.9 Å². The molecule has 24 heavy (non-hydrogen) atoms. The van der Waals surface area contributed by atoms with Gasteiger partial charge in [-0.05, 0) is 61.2 Å². The number of amides is 1. The number of aromatic nitrogens is 1. The lowest BCUT2D eigenvalue weighted by Gasteiger charge is -2.11. The second kappa shape index (κ2) is 10.3. The molecule has 3 rings (SSSR count). The number of rotatable bonds is 5. The number of halogens is 2. The van der Waals surface area contributed by atoms with E-state index in [0.717, 1.165) is 25.1 Å². The maximum absolute atomic E-state index is 12.0. The normalized spacial score (nSPS) is 15.9. The summed E-state index contributed by atoms with van der Waals surface area (Å²) in [4.78, 5) is 16.0. The van der Waals surface area contributed by atoms with Crippen molar-refractivity contribution in [1.82, 2.24) is 10.3 Å². The van der Waals surface area contributed by atoms with Gasteiger partial charge in [0, 0.05) is 30.5 Å². The van der Waals surface area contributed by atoms with Crippen molar-refractivity contribution in [3.63, 3.8) is 0 Å². The number of benzene rings is 1. The summed E-state index contributed by atoms with van der Waals surface area (Å²) in [6.45, 7) is 1.03. The lowest BCUT2D eigenvalue weighted by Crippen LogP contribution is -2.27. The molecule has 130 valence electrons. The molecule has 1 aliphatic heterocycles. The maximum Gasteiger partial charge on any atom is 0.225 e. The number of hydrogen-bond donors (Lipinski definition) is 2. The standard InChI is InChI=1S/C18H21N3O.2ClH/c22-18(13-17-2-1-9-20-17)21-16-5-3-14(4-6-16)12-15-7-10-19-11-8-15;;/h3-8,10-11,17,20H,1-2,9,12-13H2,(H,21,22);2*1H. The Hall–Kier alpha value is -1.62. The van der Waals surface area contributed by atoms with E-state index in [-0.39, 0.29) is 30.7 Å². The average Bonchev–Trinajstić information content (AvgIpc) is 3.03. The van der Waals surface area contributed by atoms with Gasteiger partial charge in [0.25, 0.3) is 0 Å². The first-order valence-electron chi connectivity index (χ1n) is 7.81. The Bertz CT molecular complexity index is 614. The van der Waals surface area contributed by atoms with E-state index in [2.05, 4.69) is 27.8 Å². The first-order valence-corrected chi connectivity index (χ1v) is 7.81. The summed E-state index contributed by atoms with van der Waals surface area (Å²) in [6.07, 6.45) is 7.31. The van der Waals surface area contributed by atoms with E-state index >= 15 is 0 Å². The van der Waals surface area contributed by atoms with E-state index in [1.165, 1.54) is 17.5 Å². The van der Waals surface area contributed by atoms with Crippen molar-refractivity contribution in [3.8, 4) is 0 Å². The molecule has 2 N–H and O–H groups in total. The molecule has 1 saturated heterocycles. The predicted octanol–water partition coefficient (Wildman–Crippen LogP) is 3.60. The van der Waals surface area contributed by atoms with Crippen LogP contribution in [0, 0.1) is 0 Å². The van der Waals surface area contributed by atoms with Gasteiger partial charge in [0.2, 0.25) is 5.91 Å². The highest BCUT2D eigenvalue weighted by Crippen LogP contribution is 2.15. The Morgan fingerprint density at radius 3 is 2.38 bits per heavy atom. The molecule has 1 unspecified atom stereocenters. The van der Waals surface area contributed by atoms with Crippen LogP contribution >= 0.6 is 24.8 Å². The molecule has 1 atom stereocenters. The molecule has 0 bridgehead atoms. The minimum Gasteiger partial charge on any atom is -0.326 e. The quantitative estimate of drug-likeness (QED) is 0.848. The summed E-state index contributed by atoms with van der Waals surface area (Å²) in [5.41, 5.74) is 3.32. The van der Waals surface area contributed by atoms with Crippen molar-refractivity contribution < 1.29 is 4.79 Å². The van der Waals surface area contributed by atoms with Crippen molar-refractivity contribution in [2.45, 2.75) is 31.7 Å². The fraction of sp³-hybridized carbons (Fsp3) is 0.333. The van der Waals surface area contributed by atoms with Gasteiger partial charge in [-0.25, -0.2) is 0 Å². The largest absolute Gasteiger partial charge is 0.326 e. The van der Waals surface area contributed by atoms with Crippen molar-refractivity contribution in [2.75, 3.05) is 11.9 Å². The molecule has 0 radical (unpaired) electrons. The van der Waals surface area contributed by atoms with Gasteiger partial charge >= 0.3 is 0 Å². The zero-order chi connectivity index (χ0) is 15.2. The molecule has 1 amide bonds. The summed E-state index contributed by atoms with van der Waals surface area (Å²) >= 11 is 0. The van der Waals surface area contributed by atoms with Gasteiger partial charge in [-0.3, -0.25) is 9.78 Å². The van der Waals surface area contributed by atoms with Crippen LogP contribution in [-0.4, -0.2) is 23.5 Å². The molecule has 1 aromatic heterocycles. The Kier molecular flexibility index (Phi) is 8.76. The van der Waals surface area contributed by atoms with Gasteiger partial charge in [0.1, 0.15) is 0 Å². The van der Waals surface area contributed by atoms with E-state index < -0.39 is 0 Å². The molecule has 0 spiro atoms. The number of hydrogen-bond acceptors (Lipinski definition) is 3. The molecular formula is C18H23Cl2N3O. The number of carbonyl (C=O) groups excluding carboxylic acids is 1. The average molecular weight is 368 g/mol. The van der Waals surface area contributed by atoms with E-state index in [1.807, 2.05) is 24.3 Å². The smallest absolute Gasteiger partial charge is 0.225 e. The minimum absolute atomic E-state index is 0. The van der Waals surface area contributed by atoms with Gasteiger partial charge in [0.15, 0.2) is 0 Å². The van der Waals surface area contributed by atoms with E-state index in [1.54, 1.807) is 12.4 Å². The second-order valence-electron chi connectivity index (χ2n) is 5.77.